The Balaban J connectivity index is 0.000000104. The maximum atomic E-state index is 6.11. The van der Waals surface area contributed by atoms with Crippen molar-refractivity contribution in [3.8, 4) is 85.1 Å². The third kappa shape index (κ3) is 14.7. The zero-order valence-corrected chi connectivity index (χ0v) is 71.3. The zero-order valence-electron chi connectivity index (χ0n) is 68.9. The van der Waals surface area contributed by atoms with Gasteiger partial charge in [0.25, 0.3) is 0 Å². The minimum atomic E-state index is 0.191. The van der Waals surface area contributed by atoms with Gasteiger partial charge >= 0.3 is 0 Å². The fraction of sp³-hybridized carbons (Fsp3) is 0. The van der Waals surface area contributed by atoms with Crippen LogP contribution >= 0.6 is 27.5 Å². The highest BCUT2D eigenvalue weighted by Crippen LogP contribution is 2.45. The molecule has 0 atom stereocenters. The molecule has 0 aliphatic heterocycles. The minimum absolute atomic E-state index is 0.191. The molecule has 0 fully saturated rings. The average molecular weight is 1730 g/mol. The minimum Gasteiger partial charge on any atom is -0.354 e. The second-order valence-corrected chi connectivity index (χ2v) is 32.6. The molecule has 0 radical (unpaired) electrons. The highest BCUT2D eigenvalue weighted by molar-refractivity contribution is 9.10. The molecule has 8 aromatic heterocycles. The molecular weight excluding hydrogens is 1650 g/mol. The lowest BCUT2D eigenvalue weighted by Gasteiger charge is -2.11. The van der Waals surface area contributed by atoms with Gasteiger partial charge in [0.15, 0.2) is 23.3 Å². The van der Waals surface area contributed by atoms with Crippen molar-refractivity contribution in [1.82, 2.24) is 58.6 Å². The SMILES string of the molecule is Brc1ccccc1.Clc1nc(-c2ccccc2)nc(-c2ccc(-c3ccccc3)cc2)n1.c1ccc(-c2ccc(-c3nc(-c4ccccc4)nc(-n4c5ccccc5c5c6c7ccccc7n(-c7ccccc7)c6ccc54)n3)cc2)cc1.c1ccc(-n2c3ccccc3c3c4c(ccc32)[nH]c2ccccc24)cc1.c1ccc2c(c1)[nH]c1ccc3[nH]c4ccccc4c3c12. The van der Waals surface area contributed by atoms with Crippen LogP contribution in [0, 0.1) is 0 Å². The van der Waals surface area contributed by atoms with Crippen molar-refractivity contribution in [2.24, 2.45) is 0 Å². The summed E-state index contributed by atoms with van der Waals surface area (Å²) < 4.78 is 8.07. The molecule has 0 spiro atoms. The summed E-state index contributed by atoms with van der Waals surface area (Å²) in [4.78, 5) is 39.1. The van der Waals surface area contributed by atoms with Gasteiger partial charge < -0.3 is 24.1 Å². The Bertz CT molecular complexity index is 8460. The number of para-hydroxylation sites is 8. The zero-order chi connectivity index (χ0) is 85.4. The standard InChI is InChI=1S/C45H29N5.C24H16N2.C21H14ClN3.C18H12N2.C6H5Br/c1-4-14-30(15-5-1)31-24-26-33(27-25-31)44-46-43(32-16-6-2-7-17-32)47-45(48-44)50-38-23-13-11-21-36(38)42-40(50)29-28-39-41(42)35-20-10-12-22-37(35)49(39)34-18-8-3-9-19-34;1-2-8-16(9-3-1)26-21-13-7-5-11-18(21)24-22(26)15-14-20-23(24)17-10-4-6-12-19(17)25-20;22-21-24-19(17-9-5-2-6-10-17)23-20(25-21)18-13-11-16(12-14-18)15-7-3-1-4-8-15;1-3-7-13-11(5-1)17-15(19-13)9-10-16-18(17)12-6-2-4-8-14(12)20-16;7-6-4-2-1-3-5-6/h1-29H;1-15,25H;1-14H;1-10,19-20H;1-5H. The number of aromatic amines is 3. The van der Waals surface area contributed by atoms with Crippen molar-refractivity contribution < 1.29 is 0 Å². The number of H-pyrrole nitrogens is 3. The molecule has 128 heavy (non-hydrogen) atoms. The van der Waals surface area contributed by atoms with Crippen LogP contribution < -0.4 is 0 Å². The van der Waals surface area contributed by atoms with E-state index >= 15 is 0 Å². The molecular formula is C114H76BrClN12. The Morgan fingerprint density at radius 2 is 0.438 bits per heavy atom. The third-order valence-corrected chi connectivity index (χ3v) is 24.4. The Morgan fingerprint density at radius 1 is 0.188 bits per heavy atom. The van der Waals surface area contributed by atoms with E-state index in [1.165, 1.54) is 126 Å². The number of hydrogen-bond acceptors (Lipinski definition) is 6. The molecule has 0 unspecified atom stereocenters. The molecule has 0 bridgehead atoms. The maximum Gasteiger partial charge on any atom is 0.238 e. The number of benzene rings is 18. The number of rotatable bonds is 9. The highest BCUT2D eigenvalue weighted by Gasteiger charge is 2.25. The summed E-state index contributed by atoms with van der Waals surface area (Å²) in [6.07, 6.45) is 0. The van der Waals surface area contributed by atoms with Gasteiger partial charge in [-0.2, -0.15) is 19.9 Å². The van der Waals surface area contributed by atoms with Gasteiger partial charge in [0, 0.05) is 136 Å². The van der Waals surface area contributed by atoms with Gasteiger partial charge in [-0.3, -0.25) is 4.57 Å². The average Bonchev–Trinajstić information content (AvgIpc) is 1.56. The van der Waals surface area contributed by atoms with Gasteiger partial charge in [-0.05, 0) is 143 Å². The quantitative estimate of drug-likeness (QED) is 0.132. The lowest BCUT2D eigenvalue weighted by atomic mass is 10.0. The topological polar surface area (TPSA) is 139 Å². The molecule has 26 rings (SSSR count). The fourth-order valence-electron chi connectivity index (χ4n) is 17.9. The third-order valence-electron chi connectivity index (χ3n) is 23.7. The first-order valence-electron chi connectivity index (χ1n) is 42.5. The summed E-state index contributed by atoms with van der Waals surface area (Å²) in [6, 6.07) is 153. The predicted molar refractivity (Wildman–Crippen MR) is 535 cm³/mol. The second kappa shape index (κ2) is 34.0. The molecule has 0 aliphatic carbocycles. The monoisotopic (exact) mass is 1730 g/mol. The van der Waals surface area contributed by atoms with Crippen molar-refractivity contribution in [1.29, 1.82) is 0 Å². The molecule has 8 heterocycles. The van der Waals surface area contributed by atoms with Crippen molar-refractivity contribution in [2.45, 2.75) is 0 Å². The normalized spacial score (nSPS) is 11.4. The number of nitrogens with zero attached hydrogens (tertiary/aromatic N) is 9. The van der Waals surface area contributed by atoms with Crippen molar-refractivity contribution >= 4 is 158 Å². The number of fused-ring (bicyclic) bond motifs is 21. The molecule has 12 nitrogen and oxygen atoms in total. The van der Waals surface area contributed by atoms with Gasteiger partial charge in [0.1, 0.15) is 0 Å². The summed E-state index contributed by atoms with van der Waals surface area (Å²) in [6.45, 7) is 0. The van der Waals surface area contributed by atoms with Gasteiger partial charge in [-0.25, -0.2) is 9.97 Å². The predicted octanol–water partition coefficient (Wildman–Crippen LogP) is 30.4. The van der Waals surface area contributed by atoms with E-state index in [0.29, 0.717) is 29.2 Å². The van der Waals surface area contributed by atoms with Crippen LogP contribution in [-0.4, -0.2) is 58.6 Å². The number of aromatic nitrogens is 12. The number of hydrogen-bond donors (Lipinski definition) is 3. The van der Waals surface area contributed by atoms with Crippen molar-refractivity contribution in [2.75, 3.05) is 0 Å². The first-order valence-corrected chi connectivity index (χ1v) is 43.7. The van der Waals surface area contributed by atoms with Gasteiger partial charge in [-0.1, -0.05) is 350 Å². The Morgan fingerprint density at radius 3 is 0.805 bits per heavy atom. The molecule has 0 saturated carbocycles. The van der Waals surface area contributed by atoms with Crippen LogP contribution in [0.3, 0.4) is 0 Å². The summed E-state index contributed by atoms with van der Waals surface area (Å²) in [5, 5.41) is 15.4. The molecule has 0 aliphatic rings. The number of nitrogens with one attached hydrogen (secondary N) is 3. The van der Waals surface area contributed by atoms with Crippen LogP contribution in [-0.2, 0) is 0 Å². The van der Waals surface area contributed by atoms with Crippen LogP contribution in [0.5, 0.6) is 0 Å². The van der Waals surface area contributed by atoms with E-state index < -0.39 is 0 Å². The largest absolute Gasteiger partial charge is 0.354 e. The van der Waals surface area contributed by atoms with Gasteiger partial charge in [-0.15, -0.1) is 0 Å². The molecule has 3 N–H and O–H groups in total. The first-order chi connectivity index (χ1) is 63.3. The van der Waals surface area contributed by atoms with Gasteiger partial charge in [0.05, 0.1) is 33.1 Å². The van der Waals surface area contributed by atoms with E-state index in [0.717, 1.165) is 65.5 Å². The summed E-state index contributed by atoms with van der Waals surface area (Å²) in [5.41, 5.74) is 24.7. The van der Waals surface area contributed by atoms with Crippen LogP contribution in [0.2, 0.25) is 5.28 Å². The van der Waals surface area contributed by atoms with Crippen LogP contribution in [0.4, 0.5) is 0 Å². The summed E-state index contributed by atoms with van der Waals surface area (Å²) in [5.74, 6) is 2.98. The lowest BCUT2D eigenvalue weighted by Crippen LogP contribution is -2.06. The fourth-order valence-corrected chi connectivity index (χ4v) is 18.4. The maximum absolute atomic E-state index is 6.11. The van der Waals surface area contributed by atoms with Crippen LogP contribution in [0.25, 0.3) is 216 Å². The Hall–Kier alpha value is -16.5. The van der Waals surface area contributed by atoms with E-state index in [1.807, 2.05) is 115 Å². The molecule has 26 aromatic rings. The van der Waals surface area contributed by atoms with Crippen molar-refractivity contribution in [3.63, 3.8) is 0 Å². The van der Waals surface area contributed by atoms with E-state index in [1.54, 1.807) is 0 Å². The van der Waals surface area contributed by atoms with E-state index in [-0.39, 0.29) is 5.28 Å². The molecule has 0 saturated heterocycles. The van der Waals surface area contributed by atoms with Crippen molar-refractivity contribution in [3.05, 3.63) is 453 Å². The summed E-state index contributed by atoms with van der Waals surface area (Å²) >= 11 is 9.43. The second-order valence-electron chi connectivity index (χ2n) is 31.3. The first kappa shape index (κ1) is 77.6. The lowest BCUT2D eigenvalue weighted by molar-refractivity contribution is 0.953. The smallest absolute Gasteiger partial charge is 0.238 e. The van der Waals surface area contributed by atoms with Crippen LogP contribution in [0.1, 0.15) is 0 Å². The Labute approximate surface area is 749 Å². The molecule has 14 heteroatoms. The molecule has 0 amide bonds. The van der Waals surface area contributed by atoms with Crippen LogP contribution in [0.15, 0.2) is 447 Å². The summed E-state index contributed by atoms with van der Waals surface area (Å²) in [7, 11) is 0. The Kier molecular flexibility index (Phi) is 20.6. The van der Waals surface area contributed by atoms with Gasteiger partial charge in [0.2, 0.25) is 11.2 Å². The number of halogens is 2. The van der Waals surface area contributed by atoms with E-state index in [9.17, 15) is 0 Å². The van der Waals surface area contributed by atoms with E-state index in [4.69, 9.17) is 26.6 Å². The molecule has 18 aromatic carbocycles. The molecule has 606 valence electrons. The highest BCUT2D eigenvalue weighted by atomic mass is 79.9. The van der Waals surface area contributed by atoms with E-state index in [2.05, 4.69) is 387 Å².